The van der Waals surface area contributed by atoms with Crippen molar-refractivity contribution in [1.29, 1.82) is 0 Å². The molecule has 0 saturated carbocycles. The van der Waals surface area contributed by atoms with Crippen LogP contribution in [-0.2, 0) is 0 Å². The van der Waals surface area contributed by atoms with Crippen molar-refractivity contribution in [2.24, 2.45) is 0 Å². The van der Waals surface area contributed by atoms with Gasteiger partial charge in [-0.3, -0.25) is 5.32 Å². The van der Waals surface area contributed by atoms with Crippen LogP contribution in [0.2, 0.25) is 0 Å². The molecule has 4 nitrogen and oxygen atoms in total. The molecule has 0 unspecified atom stereocenters. The molecule has 1 aromatic heterocycles. The van der Waals surface area contributed by atoms with Gasteiger partial charge in [-0.25, -0.2) is 14.2 Å². The molecule has 0 spiro atoms. The Hall–Kier alpha value is -3.51. The van der Waals surface area contributed by atoms with Gasteiger partial charge < -0.3 is 5.32 Å². The molecule has 3 aromatic carbocycles. The van der Waals surface area contributed by atoms with Crippen molar-refractivity contribution in [3.8, 4) is 21.7 Å². The summed E-state index contributed by atoms with van der Waals surface area (Å²) < 4.78 is 13.7. The summed E-state index contributed by atoms with van der Waals surface area (Å²) in [6, 6.07) is 25.1. The van der Waals surface area contributed by atoms with Crippen LogP contribution >= 0.6 is 11.3 Å². The van der Waals surface area contributed by atoms with Crippen molar-refractivity contribution in [2.75, 3.05) is 10.6 Å². The number of benzene rings is 3. The number of nitrogens with zero attached hydrogens (tertiary/aromatic N) is 1. The number of carbonyl (C=O) groups excluding carboxylic acids is 1. The molecule has 0 aliphatic heterocycles. The van der Waals surface area contributed by atoms with E-state index in [1.807, 2.05) is 60.7 Å². The van der Waals surface area contributed by atoms with Crippen LogP contribution in [0, 0.1) is 5.82 Å². The Morgan fingerprint density at radius 3 is 2.07 bits per heavy atom. The lowest BCUT2D eigenvalue weighted by Crippen LogP contribution is -2.19. The molecule has 0 bridgehead atoms. The second kappa shape index (κ2) is 8.02. The second-order valence-electron chi connectivity index (χ2n) is 5.99. The highest BCUT2D eigenvalue weighted by Gasteiger charge is 2.16. The maximum Gasteiger partial charge on any atom is 0.325 e. The number of urea groups is 1. The predicted octanol–water partition coefficient (Wildman–Crippen LogP) is 6.26. The quantitative estimate of drug-likeness (QED) is 0.433. The Balaban J connectivity index is 1.64. The molecule has 0 atom stereocenters. The lowest BCUT2D eigenvalue weighted by molar-refractivity contribution is 0.262. The molecule has 0 aliphatic carbocycles. The number of para-hydroxylation sites is 1. The largest absolute Gasteiger partial charge is 0.325 e. The standard InChI is InChI=1S/C22H16FN3OS/c23-17-13-7-8-14-18(17)24-21(27)26-22-25-19(15-9-3-1-4-10-15)20(28-22)16-11-5-2-6-12-16/h1-14H,(H2,24,25,26,27). The fraction of sp³-hybridized carbons (Fsp3) is 0. The van der Waals surface area contributed by atoms with E-state index in [0.717, 1.165) is 21.7 Å². The summed E-state index contributed by atoms with van der Waals surface area (Å²) in [5.74, 6) is -0.494. The molecule has 2 amide bonds. The first-order valence-corrected chi connectivity index (χ1v) is 9.46. The van der Waals surface area contributed by atoms with Crippen LogP contribution in [0.3, 0.4) is 0 Å². The fourth-order valence-corrected chi connectivity index (χ4v) is 3.75. The van der Waals surface area contributed by atoms with Gasteiger partial charge in [0.1, 0.15) is 5.82 Å². The first-order valence-electron chi connectivity index (χ1n) is 8.65. The SMILES string of the molecule is O=C(Nc1nc(-c2ccccc2)c(-c2ccccc2)s1)Nc1ccccc1F. The third-order valence-electron chi connectivity index (χ3n) is 4.05. The van der Waals surface area contributed by atoms with E-state index in [1.165, 1.54) is 23.5 Å². The molecule has 138 valence electrons. The minimum absolute atomic E-state index is 0.114. The summed E-state index contributed by atoms with van der Waals surface area (Å²) in [4.78, 5) is 17.9. The summed E-state index contributed by atoms with van der Waals surface area (Å²) in [7, 11) is 0. The van der Waals surface area contributed by atoms with Crippen LogP contribution in [0.5, 0.6) is 0 Å². The normalized spacial score (nSPS) is 10.5. The highest BCUT2D eigenvalue weighted by Crippen LogP contribution is 2.38. The van der Waals surface area contributed by atoms with E-state index < -0.39 is 11.8 Å². The molecular formula is C22H16FN3OS. The van der Waals surface area contributed by atoms with Crippen LogP contribution in [0.1, 0.15) is 0 Å². The number of halogens is 1. The van der Waals surface area contributed by atoms with Crippen LogP contribution in [0.15, 0.2) is 84.9 Å². The van der Waals surface area contributed by atoms with E-state index in [1.54, 1.807) is 12.1 Å². The zero-order valence-corrected chi connectivity index (χ0v) is 15.5. The van der Waals surface area contributed by atoms with Gasteiger partial charge in [-0.2, -0.15) is 0 Å². The molecule has 6 heteroatoms. The highest BCUT2D eigenvalue weighted by atomic mass is 32.1. The van der Waals surface area contributed by atoms with Crippen molar-refractivity contribution in [3.05, 3.63) is 90.7 Å². The molecule has 0 saturated heterocycles. The van der Waals surface area contributed by atoms with Gasteiger partial charge in [0.25, 0.3) is 0 Å². The maximum absolute atomic E-state index is 13.7. The molecule has 28 heavy (non-hydrogen) atoms. The Kier molecular flexibility index (Phi) is 5.12. The van der Waals surface area contributed by atoms with Crippen LogP contribution in [-0.4, -0.2) is 11.0 Å². The lowest BCUT2D eigenvalue weighted by Gasteiger charge is -2.05. The van der Waals surface area contributed by atoms with Crippen LogP contribution < -0.4 is 10.6 Å². The summed E-state index contributed by atoms with van der Waals surface area (Å²) in [6.07, 6.45) is 0. The number of aromatic nitrogens is 1. The Morgan fingerprint density at radius 1 is 0.786 bits per heavy atom. The summed E-state index contributed by atoms with van der Waals surface area (Å²) in [5.41, 5.74) is 2.88. The van der Waals surface area contributed by atoms with Gasteiger partial charge in [0.15, 0.2) is 5.13 Å². The molecule has 4 aromatic rings. The van der Waals surface area contributed by atoms with Gasteiger partial charge in [0.2, 0.25) is 0 Å². The van der Waals surface area contributed by atoms with Crippen molar-refractivity contribution < 1.29 is 9.18 Å². The summed E-state index contributed by atoms with van der Waals surface area (Å²) in [5, 5.41) is 5.65. The summed E-state index contributed by atoms with van der Waals surface area (Å²) in [6.45, 7) is 0. The fourth-order valence-electron chi connectivity index (χ4n) is 2.76. The van der Waals surface area contributed by atoms with Gasteiger partial charge in [0.05, 0.1) is 16.3 Å². The molecule has 1 heterocycles. The summed E-state index contributed by atoms with van der Waals surface area (Å²) >= 11 is 1.37. The average Bonchev–Trinajstić information content (AvgIpc) is 3.15. The van der Waals surface area contributed by atoms with E-state index in [-0.39, 0.29) is 5.69 Å². The minimum Gasteiger partial charge on any atom is -0.305 e. The number of nitrogens with one attached hydrogen (secondary N) is 2. The van der Waals surface area contributed by atoms with Gasteiger partial charge in [-0.15, -0.1) is 0 Å². The van der Waals surface area contributed by atoms with Gasteiger partial charge in [0, 0.05) is 5.56 Å². The Labute approximate surface area is 165 Å². The molecule has 0 radical (unpaired) electrons. The second-order valence-corrected chi connectivity index (χ2v) is 6.99. The molecule has 0 aliphatic rings. The monoisotopic (exact) mass is 389 g/mol. The van der Waals surface area contributed by atoms with Gasteiger partial charge in [-0.1, -0.05) is 84.1 Å². The Morgan fingerprint density at radius 2 is 1.39 bits per heavy atom. The van der Waals surface area contributed by atoms with E-state index in [2.05, 4.69) is 15.6 Å². The third-order valence-corrected chi connectivity index (χ3v) is 5.07. The molecule has 0 fully saturated rings. The van der Waals surface area contributed by atoms with Crippen LogP contribution in [0.4, 0.5) is 20.0 Å². The first kappa shape index (κ1) is 17.9. The third kappa shape index (κ3) is 3.92. The number of hydrogen-bond acceptors (Lipinski definition) is 3. The van der Waals surface area contributed by atoms with Crippen LogP contribution in [0.25, 0.3) is 21.7 Å². The van der Waals surface area contributed by atoms with Crippen molar-refractivity contribution >= 4 is 28.2 Å². The maximum atomic E-state index is 13.7. The lowest BCUT2D eigenvalue weighted by atomic mass is 10.1. The van der Waals surface area contributed by atoms with Gasteiger partial charge >= 0.3 is 6.03 Å². The molecule has 2 N–H and O–H groups in total. The first-order chi connectivity index (χ1) is 13.7. The van der Waals surface area contributed by atoms with Gasteiger partial charge in [-0.05, 0) is 17.7 Å². The zero-order valence-electron chi connectivity index (χ0n) is 14.7. The highest BCUT2D eigenvalue weighted by molar-refractivity contribution is 7.19. The van der Waals surface area contributed by atoms with Crippen molar-refractivity contribution in [3.63, 3.8) is 0 Å². The van der Waals surface area contributed by atoms with E-state index in [9.17, 15) is 9.18 Å². The number of amides is 2. The van der Waals surface area contributed by atoms with E-state index in [0.29, 0.717) is 5.13 Å². The number of hydrogen-bond donors (Lipinski definition) is 2. The number of rotatable bonds is 4. The topological polar surface area (TPSA) is 54.0 Å². The number of anilines is 2. The average molecular weight is 389 g/mol. The predicted molar refractivity (Wildman–Crippen MR) is 112 cm³/mol. The smallest absolute Gasteiger partial charge is 0.305 e. The van der Waals surface area contributed by atoms with Crippen molar-refractivity contribution in [1.82, 2.24) is 4.98 Å². The van der Waals surface area contributed by atoms with Crippen molar-refractivity contribution in [2.45, 2.75) is 0 Å². The molecular weight excluding hydrogens is 373 g/mol. The number of carbonyl (C=O) groups is 1. The minimum atomic E-state index is -0.543. The zero-order chi connectivity index (χ0) is 19.3. The molecule has 4 rings (SSSR count). The number of thiazole rings is 1. The van der Waals surface area contributed by atoms with E-state index >= 15 is 0 Å². The Bertz CT molecular complexity index is 1040. The van der Waals surface area contributed by atoms with E-state index in [4.69, 9.17) is 0 Å².